The van der Waals surface area contributed by atoms with E-state index in [9.17, 15) is 49.9 Å². The lowest BCUT2D eigenvalue weighted by atomic mass is 9.88. The van der Waals surface area contributed by atoms with Crippen LogP contribution >= 0.6 is 0 Å². The third-order valence-corrected chi connectivity index (χ3v) is 4.08. The number of hydrogen-bond donors (Lipinski definition) is 1. The second-order valence-corrected chi connectivity index (χ2v) is 6.17. The van der Waals surface area contributed by atoms with E-state index >= 15 is 0 Å². The van der Waals surface area contributed by atoms with Gasteiger partial charge >= 0.3 is 24.4 Å². The third kappa shape index (κ3) is 5.47. The Labute approximate surface area is 167 Å². The summed E-state index contributed by atoms with van der Waals surface area (Å²) < 4.78 is 125. The van der Waals surface area contributed by atoms with Gasteiger partial charge in [0.15, 0.2) is 0 Å². The molecule has 1 aromatic heterocycles. The minimum Gasteiger partial charge on any atom is -0.441 e. The van der Waals surface area contributed by atoms with Crippen LogP contribution in [0.25, 0.3) is 0 Å². The molecule has 1 aromatic carbocycles. The third-order valence-electron chi connectivity index (χ3n) is 4.08. The summed E-state index contributed by atoms with van der Waals surface area (Å²) in [5.41, 5.74) is -5.09. The fourth-order valence-electron chi connectivity index (χ4n) is 2.66. The number of nitrogens with zero attached hydrogens (tertiary/aromatic N) is 2. The number of ether oxygens (including phenoxy) is 1. The van der Waals surface area contributed by atoms with Gasteiger partial charge in [0.05, 0.1) is 23.3 Å². The molecule has 5 nitrogen and oxygen atoms in total. The van der Waals surface area contributed by atoms with Crippen molar-refractivity contribution < 1.29 is 53.8 Å². The maximum absolute atomic E-state index is 13.0. The number of aliphatic hydroxyl groups is 1. The van der Waals surface area contributed by atoms with E-state index in [0.717, 1.165) is 7.11 Å². The molecule has 2 aromatic rings. The van der Waals surface area contributed by atoms with Crippen LogP contribution in [0.3, 0.4) is 0 Å². The zero-order chi connectivity index (χ0) is 23.8. The highest BCUT2D eigenvalue weighted by atomic mass is 19.4. The molecule has 14 heteroatoms. The number of benzene rings is 1. The Bertz CT molecular complexity index is 925. The van der Waals surface area contributed by atoms with Crippen molar-refractivity contribution in [3.05, 3.63) is 52.7 Å². The maximum atomic E-state index is 13.0. The van der Waals surface area contributed by atoms with E-state index in [2.05, 4.69) is 9.40 Å². The van der Waals surface area contributed by atoms with Crippen molar-refractivity contribution in [1.82, 2.24) is 4.98 Å². The minimum absolute atomic E-state index is 0.182. The molecule has 2 rings (SSSR count). The molecule has 3 atom stereocenters. The van der Waals surface area contributed by atoms with Gasteiger partial charge < -0.3 is 14.3 Å². The molecule has 170 valence electrons. The van der Waals surface area contributed by atoms with Gasteiger partial charge in [-0.1, -0.05) is 0 Å². The highest BCUT2D eigenvalue weighted by Gasteiger charge is 2.42. The van der Waals surface area contributed by atoms with Gasteiger partial charge in [0.25, 0.3) is 0 Å². The number of methoxy groups -OCH3 is 1. The average molecular weight is 462 g/mol. The Morgan fingerprint density at radius 1 is 0.968 bits per heavy atom. The van der Waals surface area contributed by atoms with Crippen LogP contribution in [0.15, 0.2) is 28.9 Å². The highest BCUT2D eigenvalue weighted by Crippen LogP contribution is 2.41. The Kier molecular flexibility index (Phi) is 6.62. The Balaban J connectivity index is 2.52. The van der Waals surface area contributed by atoms with Crippen LogP contribution in [0.4, 0.5) is 39.5 Å². The summed E-state index contributed by atoms with van der Waals surface area (Å²) in [7, 11) is 0.886. The molecule has 0 radical (unpaired) electrons. The Morgan fingerprint density at radius 3 is 1.84 bits per heavy atom. The first-order valence-electron chi connectivity index (χ1n) is 8.02. The van der Waals surface area contributed by atoms with Crippen LogP contribution in [-0.2, 0) is 23.3 Å². The molecule has 0 fully saturated rings. The molecule has 0 saturated heterocycles. The largest absolute Gasteiger partial charge is 0.468 e. The number of alkyl halides is 9. The number of rotatable bonds is 5. The highest BCUT2D eigenvalue weighted by molar-refractivity contribution is 5.36. The molecule has 1 N–H and O–H groups in total. The van der Waals surface area contributed by atoms with Crippen molar-refractivity contribution in [3.8, 4) is 6.07 Å². The van der Waals surface area contributed by atoms with Crippen LogP contribution in [0.5, 0.6) is 0 Å². The number of nitriles is 1. The fourth-order valence-corrected chi connectivity index (χ4v) is 2.66. The summed E-state index contributed by atoms with van der Waals surface area (Å²) in [5.74, 6) is -3.67. The average Bonchev–Trinajstić information content (AvgIpc) is 3.14. The van der Waals surface area contributed by atoms with E-state index in [0.29, 0.717) is 6.26 Å². The van der Waals surface area contributed by atoms with Crippen molar-refractivity contribution >= 4 is 0 Å². The molecule has 0 amide bonds. The standard InChI is InChI=1S/C17H11F9N2O3/c1-30-13(11-6-31-14(28-11)17(24,25)26)10(5-27)12(29)7-2-8(15(18,19)20)4-9(3-7)16(21,22)23/h2-4,6,10,12-13,29H,1H3. The summed E-state index contributed by atoms with van der Waals surface area (Å²) in [4.78, 5) is 3.07. The van der Waals surface area contributed by atoms with Gasteiger partial charge in [-0.2, -0.15) is 44.8 Å². The van der Waals surface area contributed by atoms with Crippen LogP contribution in [-0.4, -0.2) is 17.2 Å². The number of hydrogen-bond acceptors (Lipinski definition) is 5. The van der Waals surface area contributed by atoms with Crippen molar-refractivity contribution in [2.24, 2.45) is 5.92 Å². The first-order valence-corrected chi connectivity index (χ1v) is 8.02. The van der Waals surface area contributed by atoms with Crippen LogP contribution in [0.2, 0.25) is 0 Å². The fraction of sp³-hybridized carbons (Fsp3) is 0.412. The Morgan fingerprint density at radius 2 is 1.48 bits per heavy atom. The van der Waals surface area contributed by atoms with Gasteiger partial charge in [-0.05, 0) is 23.8 Å². The van der Waals surface area contributed by atoms with Gasteiger partial charge in [0.2, 0.25) is 0 Å². The summed E-state index contributed by atoms with van der Waals surface area (Å²) in [6.45, 7) is 0. The van der Waals surface area contributed by atoms with Gasteiger partial charge in [-0.3, -0.25) is 0 Å². The quantitative estimate of drug-likeness (QED) is 0.611. The molecular weight excluding hydrogens is 451 g/mol. The zero-order valence-corrected chi connectivity index (χ0v) is 15.1. The maximum Gasteiger partial charge on any atom is 0.468 e. The van der Waals surface area contributed by atoms with Crippen LogP contribution in [0, 0.1) is 17.2 Å². The number of aliphatic hydroxyl groups excluding tert-OH is 1. The van der Waals surface area contributed by atoms with Crippen molar-refractivity contribution in [1.29, 1.82) is 5.26 Å². The second-order valence-electron chi connectivity index (χ2n) is 6.17. The first-order chi connectivity index (χ1) is 14.1. The lowest BCUT2D eigenvalue weighted by molar-refractivity contribution is -0.157. The summed E-state index contributed by atoms with van der Waals surface area (Å²) in [6.07, 6.45) is -19.1. The van der Waals surface area contributed by atoms with Crippen LogP contribution < -0.4 is 0 Å². The number of aromatic nitrogens is 1. The minimum atomic E-state index is -5.22. The number of oxazole rings is 1. The molecule has 3 unspecified atom stereocenters. The van der Waals surface area contributed by atoms with E-state index < -0.39 is 64.9 Å². The lowest BCUT2D eigenvalue weighted by Gasteiger charge is -2.25. The van der Waals surface area contributed by atoms with Gasteiger partial charge in [-0.15, -0.1) is 0 Å². The number of halogens is 9. The Hall–Kier alpha value is -2.79. The predicted octanol–water partition coefficient (Wildman–Crippen LogP) is 5.29. The van der Waals surface area contributed by atoms with E-state index in [1.54, 1.807) is 0 Å². The summed E-state index contributed by atoms with van der Waals surface area (Å²) >= 11 is 0. The van der Waals surface area contributed by atoms with Crippen molar-refractivity contribution in [2.45, 2.75) is 30.7 Å². The molecule has 0 spiro atoms. The first kappa shape index (κ1) is 24.5. The van der Waals surface area contributed by atoms with E-state index in [4.69, 9.17) is 4.74 Å². The molecular formula is C17H11F9N2O3. The molecule has 1 heterocycles. The normalized spacial score (nSPS) is 15.9. The van der Waals surface area contributed by atoms with Crippen LogP contribution in [0.1, 0.15) is 40.5 Å². The van der Waals surface area contributed by atoms with Gasteiger partial charge in [0, 0.05) is 7.11 Å². The van der Waals surface area contributed by atoms with E-state index in [1.165, 1.54) is 6.07 Å². The molecule has 0 aliphatic carbocycles. The van der Waals surface area contributed by atoms with E-state index in [-0.39, 0.29) is 18.2 Å². The lowest BCUT2D eigenvalue weighted by Crippen LogP contribution is -2.23. The molecule has 0 aliphatic heterocycles. The topological polar surface area (TPSA) is 79.3 Å². The van der Waals surface area contributed by atoms with Crippen molar-refractivity contribution in [2.75, 3.05) is 7.11 Å². The van der Waals surface area contributed by atoms with Crippen molar-refractivity contribution in [3.63, 3.8) is 0 Å². The molecule has 0 aliphatic rings. The zero-order valence-electron chi connectivity index (χ0n) is 15.1. The predicted molar refractivity (Wildman–Crippen MR) is 81.8 cm³/mol. The summed E-state index contributed by atoms with van der Waals surface area (Å²) in [5, 5.41) is 19.7. The SMILES string of the molecule is COC(c1coc(C(F)(F)F)n1)C(C#N)C(O)c1cc(C(F)(F)F)cc(C(F)(F)F)c1. The monoisotopic (exact) mass is 462 g/mol. The van der Waals surface area contributed by atoms with Gasteiger partial charge in [0.1, 0.15) is 24.0 Å². The molecule has 0 saturated carbocycles. The molecule has 31 heavy (non-hydrogen) atoms. The molecule has 0 bridgehead atoms. The smallest absolute Gasteiger partial charge is 0.441 e. The second kappa shape index (κ2) is 8.39. The van der Waals surface area contributed by atoms with Gasteiger partial charge in [-0.25, -0.2) is 4.98 Å². The van der Waals surface area contributed by atoms with E-state index in [1.807, 2.05) is 0 Å². The summed E-state index contributed by atoms with van der Waals surface area (Å²) in [6, 6.07) is 1.62.